The molecule has 0 aromatic rings. The Hall–Kier alpha value is -3.43. The summed E-state index contributed by atoms with van der Waals surface area (Å²) in [4.78, 5) is 83.6. The van der Waals surface area contributed by atoms with Gasteiger partial charge in [-0.15, -0.1) is 0 Å². The second-order valence-electron chi connectivity index (χ2n) is 29.0. The van der Waals surface area contributed by atoms with E-state index in [1.54, 1.807) is 0 Å². The standard InChI is InChI=1S/C80H151N3O16S/c1-7-13-19-25-31-34-40-43-49-55-67(95-74(88)58-52-46-37-28-22-16-10-4)63-71(85)81-61-62-94-80-78(83-73(87)65-69(57-51-45-42-36-33-27-21-15-9-3)97-76(90)60-54-48-39-30-24-18-12-6)77(79(70(66-84)98-80)99-100(91,92)93)82-72(86)64-68(56-50-44-41-35-32-26-20-14-8-2)96-75(89)59-53-47-38-29-23-17-11-5/h67-70,77-80,84H,7-66H2,1-6H3,(H,81,85)(H,82,86)(H,83,87)(H,91,92,93)/t67-,68-,69-,70-,77+,78-,79-,80-/m1/s1. The van der Waals surface area contributed by atoms with Gasteiger partial charge in [-0.1, -0.05) is 311 Å². The highest BCUT2D eigenvalue weighted by Gasteiger charge is 2.50. The fourth-order valence-electron chi connectivity index (χ4n) is 13.4. The van der Waals surface area contributed by atoms with Crippen LogP contribution in [0.1, 0.15) is 408 Å². The van der Waals surface area contributed by atoms with E-state index in [-0.39, 0.29) is 63.6 Å². The molecule has 0 saturated carbocycles. The Balaban J connectivity index is 3.70. The number of aliphatic hydroxyl groups is 1. The SMILES string of the molecule is CCCCCCCCCCC[C@H](CC(=O)NCCO[C@@H]1O[C@H](CO)[C@@H](OS(=O)(=O)O)[C@@H](NC(=O)C[C@@H](CCCCCCCCCCC)OC(=O)CCCCCCCCC)[C@H]1NC(=O)C[C@@H](CCCCCCCCCCC)OC(=O)CCCCCCCCC)OC(=O)CCCCCCCCC. The molecule has 0 aromatic heterocycles. The van der Waals surface area contributed by atoms with Gasteiger partial charge in [0.2, 0.25) is 17.7 Å². The van der Waals surface area contributed by atoms with Crippen LogP contribution in [-0.4, -0.2) is 122 Å². The second kappa shape index (κ2) is 66.3. The number of esters is 3. The van der Waals surface area contributed by atoms with Crippen LogP contribution in [-0.2, 0) is 67.0 Å². The molecule has 1 heterocycles. The maximum atomic E-state index is 14.8. The summed E-state index contributed by atoms with van der Waals surface area (Å²) in [5.41, 5.74) is 0. The number of amides is 3. The van der Waals surface area contributed by atoms with Crippen LogP contribution in [0.5, 0.6) is 0 Å². The van der Waals surface area contributed by atoms with Gasteiger partial charge in [-0.05, 0) is 57.8 Å². The van der Waals surface area contributed by atoms with Crippen LogP contribution < -0.4 is 16.0 Å². The van der Waals surface area contributed by atoms with E-state index < -0.39 is 89.7 Å². The van der Waals surface area contributed by atoms with E-state index in [1.807, 2.05) is 0 Å². The Morgan fingerprint density at radius 2 is 0.650 bits per heavy atom. The summed E-state index contributed by atoms with van der Waals surface area (Å²) < 4.78 is 71.9. The van der Waals surface area contributed by atoms with Gasteiger partial charge in [0.1, 0.15) is 36.6 Å². The fraction of sp³-hybridized carbons (Fsp3) is 0.925. The van der Waals surface area contributed by atoms with Crippen LogP contribution in [0.2, 0.25) is 0 Å². The van der Waals surface area contributed by atoms with Crippen LogP contribution in [0.3, 0.4) is 0 Å². The number of rotatable bonds is 72. The Bertz CT molecular complexity index is 2100. The highest BCUT2D eigenvalue weighted by Crippen LogP contribution is 2.28. The number of carbonyl (C=O) groups excluding carboxylic acids is 6. The molecule has 0 spiro atoms. The molecule has 5 N–H and O–H groups in total. The number of aliphatic hydroxyl groups excluding tert-OH is 1. The number of hydrogen-bond donors (Lipinski definition) is 5. The van der Waals surface area contributed by atoms with E-state index in [0.717, 1.165) is 173 Å². The lowest BCUT2D eigenvalue weighted by Crippen LogP contribution is -2.70. The Kier molecular flexibility index (Phi) is 62.7. The molecule has 588 valence electrons. The van der Waals surface area contributed by atoms with E-state index in [9.17, 15) is 46.8 Å². The number of hydrogen-bond acceptors (Lipinski definition) is 15. The first-order chi connectivity index (χ1) is 48.5. The summed E-state index contributed by atoms with van der Waals surface area (Å²) in [6.45, 7) is 11.9. The predicted octanol–water partition coefficient (Wildman–Crippen LogP) is 19.1. The number of ether oxygens (including phenoxy) is 5. The smallest absolute Gasteiger partial charge is 0.397 e. The number of nitrogens with one attached hydrogen (secondary N) is 3. The topological polar surface area (TPSA) is 268 Å². The molecular formula is C80H151N3O16S. The lowest BCUT2D eigenvalue weighted by molar-refractivity contribution is -0.245. The molecule has 0 radical (unpaired) electrons. The zero-order valence-electron chi connectivity index (χ0n) is 64.6. The van der Waals surface area contributed by atoms with Crippen LogP contribution in [0, 0.1) is 0 Å². The first-order valence-electron chi connectivity index (χ1n) is 41.5. The maximum absolute atomic E-state index is 14.8. The lowest BCUT2D eigenvalue weighted by atomic mass is 9.93. The average Bonchev–Trinajstić information content (AvgIpc) is 0.782. The van der Waals surface area contributed by atoms with Gasteiger partial charge in [0.25, 0.3) is 0 Å². The summed E-state index contributed by atoms with van der Waals surface area (Å²) in [5, 5.41) is 19.5. The molecule has 0 unspecified atom stereocenters. The van der Waals surface area contributed by atoms with Crippen molar-refractivity contribution in [1.29, 1.82) is 0 Å². The van der Waals surface area contributed by atoms with Gasteiger partial charge < -0.3 is 44.7 Å². The van der Waals surface area contributed by atoms with Crippen LogP contribution in [0.15, 0.2) is 0 Å². The van der Waals surface area contributed by atoms with Crippen molar-refractivity contribution in [1.82, 2.24) is 16.0 Å². The zero-order valence-corrected chi connectivity index (χ0v) is 65.4. The van der Waals surface area contributed by atoms with Crippen molar-refractivity contribution in [3.8, 4) is 0 Å². The van der Waals surface area contributed by atoms with Crippen molar-refractivity contribution in [2.75, 3.05) is 19.8 Å². The third kappa shape index (κ3) is 55.1. The Morgan fingerprint density at radius 3 is 0.940 bits per heavy atom. The van der Waals surface area contributed by atoms with E-state index >= 15 is 0 Å². The quantitative estimate of drug-likeness (QED) is 0.0164. The van der Waals surface area contributed by atoms with E-state index in [1.165, 1.54) is 109 Å². The summed E-state index contributed by atoms with van der Waals surface area (Å²) in [7, 11) is -5.34. The zero-order chi connectivity index (χ0) is 73.4. The minimum Gasteiger partial charge on any atom is -0.462 e. The van der Waals surface area contributed by atoms with Gasteiger partial charge in [0, 0.05) is 25.8 Å². The number of unbranched alkanes of at least 4 members (excludes halogenated alkanes) is 42. The highest BCUT2D eigenvalue weighted by molar-refractivity contribution is 7.80. The van der Waals surface area contributed by atoms with Crippen molar-refractivity contribution >= 4 is 46.0 Å². The summed E-state index contributed by atoms with van der Waals surface area (Å²) >= 11 is 0. The van der Waals surface area contributed by atoms with Crippen LogP contribution >= 0.6 is 0 Å². The van der Waals surface area contributed by atoms with Crippen LogP contribution in [0.25, 0.3) is 0 Å². The van der Waals surface area contributed by atoms with Crippen molar-refractivity contribution < 1.29 is 74.7 Å². The van der Waals surface area contributed by atoms with Gasteiger partial charge in [-0.3, -0.25) is 33.3 Å². The van der Waals surface area contributed by atoms with Crippen LogP contribution in [0.4, 0.5) is 0 Å². The lowest BCUT2D eigenvalue weighted by Gasteiger charge is -2.45. The van der Waals surface area contributed by atoms with Crippen molar-refractivity contribution in [2.45, 2.75) is 456 Å². The molecule has 100 heavy (non-hydrogen) atoms. The largest absolute Gasteiger partial charge is 0.462 e. The summed E-state index contributed by atoms with van der Waals surface area (Å²) in [6.07, 6.45) is 44.4. The Morgan fingerprint density at radius 1 is 0.380 bits per heavy atom. The van der Waals surface area contributed by atoms with Gasteiger partial charge >= 0.3 is 28.3 Å². The molecule has 1 rings (SSSR count). The summed E-state index contributed by atoms with van der Waals surface area (Å²) in [6, 6.07) is -3.08. The summed E-state index contributed by atoms with van der Waals surface area (Å²) in [5.74, 6) is -2.92. The molecule has 1 aliphatic rings. The molecule has 19 nitrogen and oxygen atoms in total. The minimum atomic E-state index is -5.34. The molecule has 0 bridgehead atoms. The molecule has 3 amide bonds. The Labute approximate surface area is 609 Å². The molecule has 0 aromatic carbocycles. The predicted molar refractivity (Wildman–Crippen MR) is 402 cm³/mol. The highest BCUT2D eigenvalue weighted by atomic mass is 32.3. The van der Waals surface area contributed by atoms with Crippen molar-refractivity contribution in [2.24, 2.45) is 0 Å². The minimum absolute atomic E-state index is 0.0773. The van der Waals surface area contributed by atoms with Gasteiger partial charge in [0.15, 0.2) is 6.29 Å². The van der Waals surface area contributed by atoms with E-state index in [0.29, 0.717) is 44.9 Å². The molecule has 8 atom stereocenters. The van der Waals surface area contributed by atoms with Crippen molar-refractivity contribution in [3.05, 3.63) is 0 Å². The van der Waals surface area contributed by atoms with Gasteiger partial charge in [0.05, 0.1) is 38.5 Å². The van der Waals surface area contributed by atoms with E-state index in [4.69, 9.17) is 27.9 Å². The fourth-order valence-corrected chi connectivity index (χ4v) is 14.0. The average molecular weight is 1440 g/mol. The first-order valence-corrected chi connectivity index (χ1v) is 42.9. The molecule has 0 aliphatic carbocycles. The second-order valence-corrected chi connectivity index (χ2v) is 30.1. The molecule has 1 aliphatic heterocycles. The number of carbonyl (C=O) groups is 6. The van der Waals surface area contributed by atoms with Gasteiger partial charge in [-0.2, -0.15) is 8.42 Å². The van der Waals surface area contributed by atoms with E-state index in [2.05, 4.69) is 57.5 Å². The molecule has 1 fully saturated rings. The maximum Gasteiger partial charge on any atom is 0.397 e. The molecule has 20 heteroatoms. The third-order valence-corrected chi connectivity index (χ3v) is 19.9. The normalized spacial score (nSPS) is 17.1. The molecular weight excluding hydrogens is 1290 g/mol. The first kappa shape index (κ1) is 94.6. The van der Waals surface area contributed by atoms with Crippen molar-refractivity contribution in [3.63, 3.8) is 0 Å². The van der Waals surface area contributed by atoms with Gasteiger partial charge in [-0.25, -0.2) is 4.18 Å². The third-order valence-electron chi connectivity index (χ3n) is 19.5. The monoisotopic (exact) mass is 1440 g/mol. The molecule has 1 saturated heterocycles.